The van der Waals surface area contributed by atoms with E-state index in [9.17, 15) is 9.18 Å². The van der Waals surface area contributed by atoms with Crippen molar-refractivity contribution >= 4 is 33.7 Å². The van der Waals surface area contributed by atoms with Crippen molar-refractivity contribution in [3.05, 3.63) is 46.4 Å². The van der Waals surface area contributed by atoms with Crippen LogP contribution < -0.4 is 0 Å². The van der Waals surface area contributed by atoms with Gasteiger partial charge in [-0.2, -0.15) is 0 Å². The summed E-state index contributed by atoms with van der Waals surface area (Å²) in [4.78, 5) is 24.8. The van der Waals surface area contributed by atoms with Crippen LogP contribution in [0.25, 0.3) is 10.9 Å². The molecule has 0 fully saturated rings. The lowest BCUT2D eigenvalue weighted by Gasteiger charge is -2.30. The molecule has 0 spiro atoms. The first-order chi connectivity index (χ1) is 12.7. The molecular weight excluding hydrogens is 351 g/mol. The van der Waals surface area contributed by atoms with Crippen LogP contribution in [0.1, 0.15) is 24.1 Å². The van der Waals surface area contributed by atoms with Crippen LogP contribution in [0.3, 0.4) is 0 Å². The van der Waals surface area contributed by atoms with Crippen LogP contribution in [0.2, 0.25) is 0 Å². The van der Waals surface area contributed by atoms with Gasteiger partial charge in [0.2, 0.25) is 5.91 Å². The van der Waals surface area contributed by atoms with Crippen LogP contribution in [0, 0.1) is 5.82 Å². The molecule has 7 heteroatoms. The molecule has 0 saturated heterocycles. The molecule has 5 rings (SSSR count). The summed E-state index contributed by atoms with van der Waals surface area (Å²) in [5, 5.41) is 3.96. The van der Waals surface area contributed by atoms with Crippen molar-refractivity contribution in [3.63, 3.8) is 0 Å². The molecule has 0 atom stereocenters. The maximum atomic E-state index is 13.6. The van der Waals surface area contributed by atoms with Crippen LogP contribution in [-0.4, -0.2) is 45.5 Å². The quantitative estimate of drug-likeness (QED) is 0.883. The van der Waals surface area contributed by atoms with Gasteiger partial charge in [-0.1, -0.05) is 11.8 Å². The first-order valence-corrected chi connectivity index (χ1v) is 9.81. The summed E-state index contributed by atoms with van der Waals surface area (Å²) in [5.74, 6) is -0.118. The van der Waals surface area contributed by atoms with E-state index in [1.165, 1.54) is 6.07 Å². The van der Waals surface area contributed by atoms with E-state index in [0.717, 1.165) is 59.0 Å². The number of carbonyl (C=O) groups excluding carboxylic acids is 1. The minimum Gasteiger partial charge on any atom is -0.358 e. The number of benzene rings is 1. The highest BCUT2D eigenvalue weighted by Crippen LogP contribution is 2.32. The van der Waals surface area contributed by atoms with Crippen LogP contribution in [0.15, 0.2) is 34.3 Å². The fraction of sp³-hybridized carbons (Fsp3) is 0.368. The molecular formula is C19H19FN4OS. The first kappa shape index (κ1) is 15.9. The van der Waals surface area contributed by atoms with Crippen molar-refractivity contribution in [2.45, 2.75) is 25.8 Å². The zero-order chi connectivity index (χ0) is 17.7. The highest BCUT2D eigenvalue weighted by Gasteiger charge is 2.29. The Morgan fingerprint density at radius 2 is 2.27 bits per heavy atom. The second kappa shape index (κ2) is 6.16. The normalized spacial score (nSPS) is 19.3. The molecule has 0 bridgehead atoms. The van der Waals surface area contributed by atoms with Gasteiger partial charge >= 0.3 is 0 Å². The molecule has 1 amide bonds. The number of aromatic amines is 1. The van der Waals surface area contributed by atoms with Gasteiger partial charge < -0.3 is 14.8 Å². The number of thioether (sulfide) groups is 1. The van der Waals surface area contributed by atoms with Crippen molar-refractivity contribution in [2.24, 2.45) is 4.99 Å². The fourth-order valence-electron chi connectivity index (χ4n) is 3.94. The third-order valence-electron chi connectivity index (χ3n) is 5.29. The van der Waals surface area contributed by atoms with Crippen molar-refractivity contribution in [2.75, 3.05) is 19.6 Å². The third kappa shape index (κ3) is 2.61. The number of nitrogens with zero attached hydrogens (tertiary/aromatic N) is 3. The largest absolute Gasteiger partial charge is 0.358 e. The molecule has 1 aromatic carbocycles. The predicted molar refractivity (Wildman–Crippen MR) is 101 cm³/mol. The Bertz CT molecular complexity index is 964. The molecule has 0 aliphatic carbocycles. The van der Waals surface area contributed by atoms with E-state index in [1.807, 2.05) is 4.90 Å². The molecule has 0 unspecified atom stereocenters. The number of H-pyrrole nitrogens is 1. The summed E-state index contributed by atoms with van der Waals surface area (Å²) < 4.78 is 13.6. The Labute approximate surface area is 154 Å². The van der Waals surface area contributed by atoms with Gasteiger partial charge in [-0.05, 0) is 30.0 Å². The molecule has 5 nitrogen and oxygen atoms in total. The van der Waals surface area contributed by atoms with E-state index in [0.29, 0.717) is 19.5 Å². The Morgan fingerprint density at radius 1 is 1.35 bits per heavy atom. The third-order valence-corrected chi connectivity index (χ3v) is 6.24. The Hall–Kier alpha value is -2.28. The monoisotopic (exact) mass is 370 g/mol. The number of aromatic nitrogens is 1. The molecule has 4 heterocycles. The molecule has 26 heavy (non-hydrogen) atoms. The van der Waals surface area contributed by atoms with E-state index in [4.69, 9.17) is 0 Å². The Morgan fingerprint density at radius 3 is 3.19 bits per heavy atom. The molecule has 1 aromatic heterocycles. The summed E-state index contributed by atoms with van der Waals surface area (Å²) in [5.41, 5.74) is 4.16. The fourth-order valence-corrected chi connectivity index (χ4v) is 4.89. The van der Waals surface area contributed by atoms with E-state index in [-0.39, 0.29) is 11.7 Å². The highest BCUT2D eigenvalue weighted by molar-refractivity contribution is 8.16. The summed E-state index contributed by atoms with van der Waals surface area (Å²) in [6.07, 6.45) is 2.21. The van der Waals surface area contributed by atoms with Crippen molar-refractivity contribution in [3.8, 4) is 0 Å². The number of rotatable bonds is 2. The molecule has 0 saturated carbocycles. The lowest BCUT2D eigenvalue weighted by molar-refractivity contribution is -0.131. The van der Waals surface area contributed by atoms with E-state index < -0.39 is 0 Å². The van der Waals surface area contributed by atoms with Gasteiger partial charge in [-0.15, -0.1) is 0 Å². The second-order valence-electron chi connectivity index (χ2n) is 6.91. The number of carbonyl (C=O) groups is 1. The van der Waals surface area contributed by atoms with Crippen LogP contribution >= 0.6 is 11.8 Å². The van der Waals surface area contributed by atoms with Crippen molar-refractivity contribution < 1.29 is 9.18 Å². The number of amides is 1. The summed E-state index contributed by atoms with van der Waals surface area (Å²) in [7, 11) is 0. The summed E-state index contributed by atoms with van der Waals surface area (Å²) >= 11 is 1.61. The van der Waals surface area contributed by atoms with E-state index in [1.54, 1.807) is 23.9 Å². The summed E-state index contributed by atoms with van der Waals surface area (Å²) in [6.45, 7) is 3.05. The van der Waals surface area contributed by atoms with Crippen LogP contribution in [0.5, 0.6) is 0 Å². The van der Waals surface area contributed by atoms with Gasteiger partial charge in [0.05, 0.1) is 6.42 Å². The number of halogens is 1. The van der Waals surface area contributed by atoms with E-state index in [2.05, 4.69) is 20.3 Å². The topological polar surface area (TPSA) is 51.7 Å². The molecule has 3 aliphatic rings. The molecule has 134 valence electrons. The van der Waals surface area contributed by atoms with Crippen molar-refractivity contribution in [1.82, 2.24) is 14.8 Å². The lowest BCUT2D eigenvalue weighted by Crippen LogP contribution is -2.38. The number of nitrogens with one attached hydrogen (secondary N) is 1. The number of aliphatic imine (C=N–C) groups is 1. The van der Waals surface area contributed by atoms with Gasteiger partial charge in [0.25, 0.3) is 0 Å². The average molecular weight is 370 g/mol. The number of amidine groups is 1. The minimum absolute atomic E-state index is 0.125. The highest BCUT2D eigenvalue weighted by atomic mass is 32.2. The smallest absolute Gasteiger partial charge is 0.228 e. The Kier molecular flexibility index (Phi) is 3.77. The minimum atomic E-state index is -0.243. The van der Waals surface area contributed by atoms with Gasteiger partial charge in [-0.25, -0.2) is 4.39 Å². The predicted octanol–water partition coefficient (Wildman–Crippen LogP) is 3.23. The number of hydrogen-bond donors (Lipinski definition) is 1. The van der Waals surface area contributed by atoms with Crippen LogP contribution in [0.4, 0.5) is 4.39 Å². The van der Waals surface area contributed by atoms with Crippen molar-refractivity contribution in [1.29, 1.82) is 0 Å². The summed E-state index contributed by atoms with van der Waals surface area (Å²) in [6, 6.07) is 4.80. The van der Waals surface area contributed by atoms with E-state index >= 15 is 0 Å². The second-order valence-corrected chi connectivity index (χ2v) is 7.75. The first-order valence-electron chi connectivity index (χ1n) is 8.93. The number of hydrogen-bond acceptors (Lipinski definition) is 4. The number of fused-ring (bicyclic) bond motifs is 4. The SMILES string of the molecule is O=C(CC1=CSC2=NCCCN12)N1CCc2[nH]c3ccc(F)cc3c2C1. The molecule has 0 radical (unpaired) electrons. The van der Waals surface area contributed by atoms with Gasteiger partial charge in [-0.3, -0.25) is 9.79 Å². The molecule has 3 aliphatic heterocycles. The Balaban J connectivity index is 1.35. The molecule has 1 N–H and O–H groups in total. The standard InChI is InChI=1S/C19H19FN4OS/c20-12-2-3-16-14(8-12)15-10-23(7-4-17(15)22-16)18(25)9-13-11-26-19-21-5-1-6-24(13)19/h2-3,8,11,22H,1,4-7,9-10H2. The van der Waals surface area contributed by atoms with Crippen LogP contribution in [-0.2, 0) is 17.8 Å². The zero-order valence-corrected chi connectivity index (χ0v) is 15.1. The maximum Gasteiger partial charge on any atom is 0.228 e. The lowest BCUT2D eigenvalue weighted by atomic mass is 10.0. The van der Waals surface area contributed by atoms with Gasteiger partial charge in [0.1, 0.15) is 5.82 Å². The van der Waals surface area contributed by atoms with Gasteiger partial charge in [0, 0.05) is 60.5 Å². The zero-order valence-electron chi connectivity index (χ0n) is 14.3. The molecule has 2 aromatic rings. The van der Waals surface area contributed by atoms with Gasteiger partial charge in [0.15, 0.2) is 5.17 Å². The average Bonchev–Trinajstić information content (AvgIpc) is 3.22. The maximum absolute atomic E-state index is 13.6.